The number of aliphatic carboxylic acids is 1. The number of likely N-dealkylation sites (tertiary alicyclic amines) is 1. The molecule has 0 aromatic heterocycles. The predicted molar refractivity (Wildman–Crippen MR) is 74.8 cm³/mol. The number of nitrogens with zero attached hydrogens (tertiary/aromatic N) is 1. The Labute approximate surface area is 116 Å². The molecule has 1 saturated heterocycles. The number of carbonyl (C=O) groups is 2. The first-order valence-electron chi connectivity index (χ1n) is 7.23. The molecule has 110 valence electrons. The first-order valence-corrected chi connectivity index (χ1v) is 7.23. The van der Waals surface area contributed by atoms with Crippen molar-refractivity contribution in [3.63, 3.8) is 0 Å². The molecule has 0 radical (unpaired) electrons. The van der Waals surface area contributed by atoms with Gasteiger partial charge in [-0.05, 0) is 37.0 Å². The lowest BCUT2D eigenvalue weighted by Gasteiger charge is -2.36. The highest BCUT2D eigenvalue weighted by atomic mass is 16.4. The molecule has 2 atom stereocenters. The van der Waals surface area contributed by atoms with E-state index in [9.17, 15) is 14.7 Å². The van der Waals surface area contributed by atoms with Crippen LogP contribution in [0.3, 0.4) is 0 Å². The van der Waals surface area contributed by atoms with E-state index in [2.05, 4.69) is 27.7 Å². The molecule has 0 saturated carbocycles. The lowest BCUT2D eigenvalue weighted by Crippen LogP contribution is -2.49. The van der Waals surface area contributed by atoms with Gasteiger partial charge in [-0.15, -0.1) is 0 Å². The minimum absolute atomic E-state index is 0.00329. The molecular formula is C15H27NO3. The summed E-state index contributed by atoms with van der Waals surface area (Å²) in [6, 6.07) is -0.620. The molecule has 1 fully saturated rings. The largest absolute Gasteiger partial charge is 0.480 e. The minimum atomic E-state index is -0.865. The van der Waals surface area contributed by atoms with Crippen LogP contribution in [0.5, 0.6) is 0 Å². The van der Waals surface area contributed by atoms with Crippen molar-refractivity contribution in [3.8, 4) is 0 Å². The highest BCUT2D eigenvalue weighted by Gasteiger charge is 2.34. The van der Waals surface area contributed by atoms with E-state index in [0.29, 0.717) is 25.3 Å². The van der Waals surface area contributed by atoms with Crippen LogP contribution in [0.15, 0.2) is 0 Å². The SMILES string of the molecule is CC1CCN(C(=O)CCCC(C)(C)C)C(C(=O)O)C1. The van der Waals surface area contributed by atoms with E-state index in [0.717, 1.165) is 19.3 Å². The number of hydrogen-bond acceptors (Lipinski definition) is 2. The van der Waals surface area contributed by atoms with E-state index in [4.69, 9.17) is 0 Å². The van der Waals surface area contributed by atoms with Gasteiger partial charge in [0.1, 0.15) is 6.04 Å². The number of amides is 1. The second-order valence-electron chi connectivity index (χ2n) is 6.98. The second kappa shape index (κ2) is 6.40. The monoisotopic (exact) mass is 269 g/mol. The van der Waals surface area contributed by atoms with Crippen molar-refractivity contribution in [2.24, 2.45) is 11.3 Å². The van der Waals surface area contributed by atoms with Crippen LogP contribution in [0.1, 0.15) is 59.8 Å². The lowest BCUT2D eigenvalue weighted by molar-refractivity contribution is -0.153. The van der Waals surface area contributed by atoms with E-state index in [1.165, 1.54) is 0 Å². The van der Waals surface area contributed by atoms with Crippen LogP contribution in [0.25, 0.3) is 0 Å². The molecule has 1 rings (SSSR count). The summed E-state index contributed by atoms with van der Waals surface area (Å²) >= 11 is 0. The van der Waals surface area contributed by atoms with E-state index in [-0.39, 0.29) is 11.3 Å². The molecule has 19 heavy (non-hydrogen) atoms. The molecule has 0 aliphatic carbocycles. The van der Waals surface area contributed by atoms with Crippen molar-refractivity contribution < 1.29 is 14.7 Å². The van der Waals surface area contributed by atoms with Crippen molar-refractivity contribution in [1.82, 2.24) is 4.90 Å². The molecule has 0 aromatic carbocycles. The van der Waals surface area contributed by atoms with Crippen molar-refractivity contribution in [1.29, 1.82) is 0 Å². The second-order valence-corrected chi connectivity index (χ2v) is 6.98. The van der Waals surface area contributed by atoms with Crippen LogP contribution in [-0.4, -0.2) is 34.5 Å². The van der Waals surface area contributed by atoms with Gasteiger partial charge in [0.2, 0.25) is 5.91 Å². The van der Waals surface area contributed by atoms with Crippen molar-refractivity contribution in [3.05, 3.63) is 0 Å². The highest BCUT2D eigenvalue weighted by molar-refractivity contribution is 5.83. The van der Waals surface area contributed by atoms with Gasteiger partial charge in [0, 0.05) is 13.0 Å². The molecule has 1 aliphatic rings. The fourth-order valence-electron chi connectivity index (χ4n) is 2.59. The summed E-state index contributed by atoms with van der Waals surface area (Å²) in [5, 5.41) is 9.24. The van der Waals surface area contributed by atoms with Gasteiger partial charge in [-0.1, -0.05) is 27.7 Å². The van der Waals surface area contributed by atoms with Gasteiger partial charge in [0.05, 0.1) is 0 Å². The summed E-state index contributed by atoms with van der Waals surface area (Å²) in [6.45, 7) is 9.10. The Hall–Kier alpha value is -1.06. The molecule has 1 heterocycles. The third kappa shape index (κ3) is 5.21. The summed E-state index contributed by atoms with van der Waals surface area (Å²) in [4.78, 5) is 25.0. The van der Waals surface area contributed by atoms with Gasteiger partial charge in [0.25, 0.3) is 0 Å². The van der Waals surface area contributed by atoms with Crippen LogP contribution in [0.2, 0.25) is 0 Å². The maximum absolute atomic E-state index is 12.2. The number of carbonyl (C=O) groups excluding carboxylic acids is 1. The van der Waals surface area contributed by atoms with Gasteiger partial charge in [-0.25, -0.2) is 4.79 Å². The fraction of sp³-hybridized carbons (Fsp3) is 0.867. The maximum Gasteiger partial charge on any atom is 0.326 e. The van der Waals surface area contributed by atoms with Crippen LogP contribution in [-0.2, 0) is 9.59 Å². The normalized spacial score (nSPS) is 24.3. The standard InChI is InChI=1S/C15H27NO3/c1-11-7-9-16(12(10-11)14(18)19)13(17)6-5-8-15(2,3)4/h11-12H,5-10H2,1-4H3,(H,18,19). The first kappa shape index (κ1) is 16.0. The summed E-state index contributed by atoms with van der Waals surface area (Å²) in [6.07, 6.45) is 3.78. The third-order valence-corrected chi connectivity index (χ3v) is 3.79. The average molecular weight is 269 g/mol. The van der Waals surface area contributed by atoms with E-state index in [1.807, 2.05) is 0 Å². The van der Waals surface area contributed by atoms with Gasteiger partial charge in [-0.2, -0.15) is 0 Å². The molecule has 0 bridgehead atoms. The zero-order valence-corrected chi connectivity index (χ0v) is 12.6. The summed E-state index contributed by atoms with van der Waals surface area (Å²) in [7, 11) is 0. The van der Waals surface area contributed by atoms with Crippen molar-refractivity contribution in [2.45, 2.75) is 65.8 Å². The molecular weight excluding hydrogens is 242 g/mol. The Kier molecular flexibility index (Phi) is 5.39. The van der Waals surface area contributed by atoms with E-state index < -0.39 is 12.0 Å². The first-order chi connectivity index (χ1) is 8.70. The van der Waals surface area contributed by atoms with Gasteiger partial charge in [-0.3, -0.25) is 4.79 Å². The Morgan fingerprint density at radius 1 is 1.32 bits per heavy atom. The van der Waals surface area contributed by atoms with E-state index >= 15 is 0 Å². The molecule has 1 amide bonds. The van der Waals surface area contributed by atoms with Gasteiger partial charge < -0.3 is 10.0 Å². The number of carboxylic acids is 1. The zero-order chi connectivity index (χ0) is 14.6. The number of piperidine rings is 1. The van der Waals surface area contributed by atoms with Crippen molar-refractivity contribution >= 4 is 11.9 Å². The zero-order valence-electron chi connectivity index (χ0n) is 12.6. The Balaban J connectivity index is 2.52. The summed E-state index contributed by atoms with van der Waals surface area (Å²) in [5.41, 5.74) is 0.225. The van der Waals surface area contributed by atoms with E-state index in [1.54, 1.807) is 4.90 Å². The van der Waals surface area contributed by atoms with Crippen LogP contribution < -0.4 is 0 Å². The topological polar surface area (TPSA) is 57.6 Å². The van der Waals surface area contributed by atoms with Crippen LogP contribution in [0.4, 0.5) is 0 Å². The fourth-order valence-corrected chi connectivity index (χ4v) is 2.59. The minimum Gasteiger partial charge on any atom is -0.480 e. The van der Waals surface area contributed by atoms with Crippen molar-refractivity contribution in [2.75, 3.05) is 6.54 Å². The maximum atomic E-state index is 12.2. The number of hydrogen-bond donors (Lipinski definition) is 1. The number of rotatable bonds is 4. The van der Waals surface area contributed by atoms with Gasteiger partial charge in [0.15, 0.2) is 0 Å². The molecule has 1 aliphatic heterocycles. The molecule has 0 aromatic rings. The third-order valence-electron chi connectivity index (χ3n) is 3.79. The Morgan fingerprint density at radius 2 is 1.95 bits per heavy atom. The van der Waals surface area contributed by atoms with Crippen LogP contribution in [0, 0.1) is 11.3 Å². The van der Waals surface area contributed by atoms with Gasteiger partial charge >= 0.3 is 5.97 Å². The molecule has 1 N–H and O–H groups in total. The molecule has 4 nitrogen and oxygen atoms in total. The predicted octanol–water partition coefficient (Wildman–Crippen LogP) is 2.91. The Morgan fingerprint density at radius 3 is 2.47 bits per heavy atom. The molecule has 4 heteroatoms. The quantitative estimate of drug-likeness (QED) is 0.853. The number of carboxylic acid groups (broad SMARTS) is 1. The summed E-state index contributed by atoms with van der Waals surface area (Å²) in [5.74, 6) is -0.473. The van der Waals surface area contributed by atoms with Crippen LogP contribution >= 0.6 is 0 Å². The average Bonchev–Trinajstić information content (AvgIpc) is 2.26. The molecule has 0 spiro atoms. The molecule has 2 unspecified atom stereocenters. The lowest BCUT2D eigenvalue weighted by atomic mass is 9.89. The highest BCUT2D eigenvalue weighted by Crippen LogP contribution is 2.25. The Bertz CT molecular complexity index is 333. The smallest absolute Gasteiger partial charge is 0.326 e. The summed E-state index contributed by atoms with van der Waals surface area (Å²) < 4.78 is 0.